The van der Waals surface area contributed by atoms with E-state index in [4.69, 9.17) is 9.47 Å². The Morgan fingerprint density at radius 3 is 2.70 bits per heavy atom. The molecule has 1 saturated heterocycles. The molecule has 7 nitrogen and oxygen atoms in total. The molecule has 1 aromatic heterocycles. The van der Waals surface area contributed by atoms with Gasteiger partial charge in [0.2, 0.25) is 18.6 Å². The van der Waals surface area contributed by atoms with Gasteiger partial charge in [0.15, 0.2) is 11.5 Å². The number of para-hydroxylation sites is 1. The minimum Gasteiger partial charge on any atom is -0.454 e. The number of ether oxygens (including phenoxy) is 2. The van der Waals surface area contributed by atoms with E-state index in [1.807, 2.05) is 29.2 Å². The molecule has 5 heterocycles. The van der Waals surface area contributed by atoms with Gasteiger partial charge in [0.25, 0.3) is 0 Å². The van der Waals surface area contributed by atoms with E-state index in [2.05, 4.69) is 16.7 Å². The third kappa shape index (κ3) is 1.85. The Labute approximate surface area is 172 Å². The fourth-order valence-corrected chi connectivity index (χ4v) is 5.70. The zero-order chi connectivity index (χ0) is 20.1. The van der Waals surface area contributed by atoms with Crippen LogP contribution in [-0.2, 0) is 22.6 Å². The summed E-state index contributed by atoms with van der Waals surface area (Å²) in [4.78, 5) is 29.7. The van der Waals surface area contributed by atoms with Gasteiger partial charge in [0.1, 0.15) is 6.04 Å². The van der Waals surface area contributed by atoms with Gasteiger partial charge >= 0.3 is 0 Å². The highest BCUT2D eigenvalue weighted by Crippen LogP contribution is 2.50. The molecule has 7 heteroatoms. The quantitative estimate of drug-likeness (QED) is 0.578. The summed E-state index contributed by atoms with van der Waals surface area (Å²) in [7, 11) is 1.71. The van der Waals surface area contributed by atoms with Crippen LogP contribution in [0.25, 0.3) is 10.9 Å². The van der Waals surface area contributed by atoms with Crippen LogP contribution < -0.4 is 9.47 Å². The average molecular weight is 401 g/mol. The van der Waals surface area contributed by atoms with E-state index in [0.717, 1.165) is 28.1 Å². The van der Waals surface area contributed by atoms with Gasteiger partial charge in [-0.3, -0.25) is 9.59 Å². The van der Waals surface area contributed by atoms with Crippen LogP contribution in [0.15, 0.2) is 36.4 Å². The number of aromatic nitrogens is 1. The van der Waals surface area contributed by atoms with Crippen molar-refractivity contribution in [3.63, 3.8) is 0 Å². The van der Waals surface area contributed by atoms with Crippen LogP contribution in [0.5, 0.6) is 11.5 Å². The first-order chi connectivity index (χ1) is 14.6. The summed E-state index contributed by atoms with van der Waals surface area (Å²) in [6.07, 6.45) is 0.550. The lowest BCUT2D eigenvalue weighted by Crippen LogP contribution is -2.62. The second-order valence-electron chi connectivity index (χ2n) is 8.49. The van der Waals surface area contributed by atoms with Crippen molar-refractivity contribution in [1.82, 2.24) is 14.4 Å². The van der Waals surface area contributed by atoms with E-state index in [1.165, 1.54) is 10.9 Å². The third-order valence-corrected chi connectivity index (χ3v) is 6.97. The van der Waals surface area contributed by atoms with E-state index >= 15 is 0 Å². The molecule has 2 atom stereocenters. The first-order valence-corrected chi connectivity index (χ1v) is 10.2. The normalized spacial score (nSPS) is 23.5. The fourth-order valence-electron chi connectivity index (χ4n) is 5.70. The second kappa shape index (κ2) is 5.36. The van der Waals surface area contributed by atoms with Crippen LogP contribution in [0.1, 0.15) is 28.4 Å². The van der Waals surface area contributed by atoms with Gasteiger partial charge < -0.3 is 23.8 Å². The average Bonchev–Trinajstić information content (AvgIpc) is 3.33. The molecule has 2 amide bonds. The van der Waals surface area contributed by atoms with Crippen molar-refractivity contribution in [2.24, 2.45) is 0 Å². The first kappa shape index (κ1) is 16.3. The summed E-state index contributed by atoms with van der Waals surface area (Å²) in [6.45, 7) is 1.03. The van der Waals surface area contributed by atoms with Crippen LogP contribution in [0, 0.1) is 0 Å². The molecule has 0 radical (unpaired) electrons. The Morgan fingerprint density at radius 2 is 1.83 bits per heavy atom. The van der Waals surface area contributed by atoms with E-state index in [9.17, 15) is 9.59 Å². The number of hydrogen-bond donors (Lipinski definition) is 0. The number of rotatable bonds is 0. The number of carbonyl (C=O) groups excluding carboxylic acids is 2. The highest BCUT2D eigenvalue weighted by Gasteiger charge is 2.50. The summed E-state index contributed by atoms with van der Waals surface area (Å²) >= 11 is 0. The highest BCUT2D eigenvalue weighted by molar-refractivity contribution is 5.98. The predicted molar refractivity (Wildman–Crippen MR) is 107 cm³/mol. The number of carbonyl (C=O) groups is 2. The topological polar surface area (TPSA) is 64.0 Å². The maximum Gasteiger partial charge on any atom is 0.245 e. The molecule has 4 aliphatic heterocycles. The fraction of sp³-hybridized carbons (Fsp3) is 0.304. The summed E-state index contributed by atoms with van der Waals surface area (Å²) in [5.41, 5.74) is 5.58. The molecule has 0 aliphatic carbocycles. The summed E-state index contributed by atoms with van der Waals surface area (Å²) < 4.78 is 13.6. The molecule has 3 aromatic rings. The van der Waals surface area contributed by atoms with E-state index in [-0.39, 0.29) is 31.2 Å². The lowest BCUT2D eigenvalue weighted by atomic mass is 9.83. The third-order valence-electron chi connectivity index (χ3n) is 6.97. The molecule has 7 rings (SSSR count). The van der Waals surface area contributed by atoms with Gasteiger partial charge in [-0.05, 0) is 34.9 Å². The lowest BCUT2D eigenvalue weighted by Gasteiger charge is -2.48. The van der Waals surface area contributed by atoms with Crippen molar-refractivity contribution < 1.29 is 19.1 Å². The molecule has 150 valence electrons. The molecule has 0 spiro atoms. The number of fused-ring (bicyclic) bond motifs is 8. The molecule has 30 heavy (non-hydrogen) atoms. The molecule has 0 N–H and O–H groups in total. The number of hydrogen-bond acceptors (Lipinski definition) is 4. The molecule has 1 fully saturated rings. The first-order valence-electron chi connectivity index (χ1n) is 10.2. The molecule has 0 saturated carbocycles. The number of benzene rings is 2. The number of amides is 2. The van der Waals surface area contributed by atoms with Crippen LogP contribution in [-0.4, -0.2) is 52.6 Å². The van der Waals surface area contributed by atoms with Crippen LogP contribution in [0.4, 0.5) is 0 Å². The Hall–Kier alpha value is -3.48. The van der Waals surface area contributed by atoms with Gasteiger partial charge in [-0.15, -0.1) is 0 Å². The van der Waals surface area contributed by atoms with Crippen molar-refractivity contribution in [2.45, 2.75) is 25.0 Å². The monoisotopic (exact) mass is 401 g/mol. The molecule has 0 bridgehead atoms. The summed E-state index contributed by atoms with van der Waals surface area (Å²) in [5, 5.41) is 1.17. The molecule has 0 unspecified atom stereocenters. The summed E-state index contributed by atoms with van der Waals surface area (Å²) in [5.74, 6) is 1.43. The van der Waals surface area contributed by atoms with Crippen molar-refractivity contribution in [1.29, 1.82) is 0 Å². The number of nitrogens with zero attached hydrogens (tertiary/aromatic N) is 3. The van der Waals surface area contributed by atoms with Gasteiger partial charge in [-0.2, -0.15) is 0 Å². The smallest absolute Gasteiger partial charge is 0.245 e. The Kier molecular flexibility index (Phi) is 2.92. The Morgan fingerprint density at radius 1 is 1.03 bits per heavy atom. The molecule has 2 aromatic carbocycles. The van der Waals surface area contributed by atoms with Gasteiger partial charge in [-0.1, -0.05) is 18.2 Å². The SMILES string of the molecule is CN1CC(=O)N2[C@@H]3c4cc5c(cc4Cn4c3c(c3ccccc34)C[C@@H]2C1=O)OCO5. The van der Waals surface area contributed by atoms with Crippen molar-refractivity contribution in [3.8, 4) is 11.5 Å². The molecule has 4 aliphatic rings. The van der Waals surface area contributed by atoms with Crippen LogP contribution in [0.3, 0.4) is 0 Å². The highest BCUT2D eigenvalue weighted by atomic mass is 16.7. The lowest BCUT2D eigenvalue weighted by molar-refractivity contribution is -0.157. The van der Waals surface area contributed by atoms with Gasteiger partial charge in [-0.25, -0.2) is 0 Å². The Balaban J connectivity index is 1.55. The zero-order valence-electron chi connectivity index (χ0n) is 16.4. The largest absolute Gasteiger partial charge is 0.454 e. The van der Waals surface area contributed by atoms with E-state index < -0.39 is 6.04 Å². The Bertz CT molecular complexity index is 1290. The second-order valence-corrected chi connectivity index (χ2v) is 8.49. The van der Waals surface area contributed by atoms with Crippen LogP contribution >= 0.6 is 0 Å². The van der Waals surface area contributed by atoms with Gasteiger partial charge in [0.05, 0.1) is 12.6 Å². The van der Waals surface area contributed by atoms with Crippen molar-refractivity contribution >= 4 is 22.7 Å². The van der Waals surface area contributed by atoms with Crippen LogP contribution in [0.2, 0.25) is 0 Å². The minimum atomic E-state index is -0.482. The van der Waals surface area contributed by atoms with Crippen molar-refractivity contribution in [2.75, 3.05) is 20.4 Å². The molecular weight excluding hydrogens is 382 g/mol. The van der Waals surface area contributed by atoms with E-state index in [0.29, 0.717) is 18.7 Å². The molecular formula is C23H19N3O4. The maximum absolute atomic E-state index is 13.2. The van der Waals surface area contributed by atoms with Crippen molar-refractivity contribution in [3.05, 3.63) is 58.8 Å². The number of piperazine rings is 1. The summed E-state index contributed by atoms with van der Waals surface area (Å²) in [6, 6.07) is 11.6. The standard InChI is InChI=1S/C23H19N3O4/c1-24-10-20(27)26-17(23(24)28)7-15-13-4-2-3-5-16(13)25-9-12-6-18-19(30-11-29-18)8-14(12)22(26)21(15)25/h2-6,8,17,22H,7,9-11H2,1H3/t17-,22-/m1/s1. The zero-order valence-corrected chi connectivity index (χ0v) is 16.4. The minimum absolute atomic E-state index is 0.00458. The van der Waals surface area contributed by atoms with Gasteiger partial charge in [0, 0.05) is 36.6 Å². The number of likely N-dealkylation sites (N-methyl/N-ethyl adjacent to an activating group) is 1. The predicted octanol–water partition coefficient (Wildman–Crippen LogP) is 2.05. The maximum atomic E-state index is 13.2. The van der Waals surface area contributed by atoms with E-state index in [1.54, 1.807) is 11.9 Å².